The van der Waals surface area contributed by atoms with E-state index in [0.717, 1.165) is 18.7 Å². The van der Waals surface area contributed by atoms with Crippen molar-refractivity contribution in [1.82, 2.24) is 10.2 Å². The number of nitrogens with zero attached hydrogens (tertiary/aromatic N) is 1. The summed E-state index contributed by atoms with van der Waals surface area (Å²) in [6.07, 6.45) is 0.943. The van der Waals surface area contributed by atoms with Crippen LogP contribution in [0, 0.1) is 6.92 Å². The smallest absolute Gasteiger partial charge is 0.286 e. The summed E-state index contributed by atoms with van der Waals surface area (Å²) in [5.74, 6) is 1.01. The van der Waals surface area contributed by atoms with Gasteiger partial charge in [0.1, 0.15) is 5.76 Å². The Labute approximate surface area is 90.3 Å². The zero-order valence-electron chi connectivity index (χ0n) is 9.54. The largest absolute Gasteiger partial charge is 0.456 e. The van der Waals surface area contributed by atoms with Crippen molar-refractivity contribution in [3.8, 4) is 0 Å². The zero-order chi connectivity index (χ0) is 11.3. The second-order valence-corrected chi connectivity index (χ2v) is 3.82. The van der Waals surface area contributed by atoms with E-state index in [-0.39, 0.29) is 5.91 Å². The van der Waals surface area contributed by atoms with Gasteiger partial charge in [0.15, 0.2) is 5.76 Å². The van der Waals surface area contributed by atoms with E-state index in [1.165, 1.54) is 0 Å². The first-order chi connectivity index (χ1) is 7.09. The lowest BCUT2D eigenvalue weighted by Gasteiger charge is -2.08. The van der Waals surface area contributed by atoms with Crippen LogP contribution in [-0.2, 0) is 0 Å². The number of amides is 1. The van der Waals surface area contributed by atoms with Crippen molar-refractivity contribution in [3.63, 3.8) is 0 Å². The second kappa shape index (κ2) is 5.56. The van der Waals surface area contributed by atoms with E-state index in [9.17, 15) is 4.79 Å². The third kappa shape index (κ3) is 4.16. The summed E-state index contributed by atoms with van der Waals surface area (Å²) in [4.78, 5) is 13.6. The molecule has 1 heterocycles. The zero-order valence-corrected chi connectivity index (χ0v) is 9.54. The number of carbonyl (C=O) groups excluding carboxylic acids is 1. The Morgan fingerprint density at radius 3 is 2.73 bits per heavy atom. The predicted octanol–water partition coefficient (Wildman–Crippen LogP) is 1.27. The summed E-state index contributed by atoms with van der Waals surface area (Å²) in [5.41, 5.74) is 0. The van der Waals surface area contributed by atoms with Crippen molar-refractivity contribution >= 4 is 5.91 Å². The van der Waals surface area contributed by atoms with E-state index in [0.29, 0.717) is 12.3 Å². The van der Waals surface area contributed by atoms with Crippen LogP contribution >= 0.6 is 0 Å². The fourth-order valence-electron chi connectivity index (χ4n) is 1.24. The van der Waals surface area contributed by atoms with Crippen molar-refractivity contribution in [2.75, 3.05) is 27.2 Å². The predicted molar refractivity (Wildman–Crippen MR) is 58.9 cm³/mol. The monoisotopic (exact) mass is 210 g/mol. The summed E-state index contributed by atoms with van der Waals surface area (Å²) in [6, 6.07) is 3.48. The Morgan fingerprint density at radius 1 is 1.47 bits per heavy atom. The Hall–Kier alpha value is -1.29. The lowest BCUT2D eigenvalue weighted by atomic mass is 10.3. The maximum absolute atomic E-state index is 11.5. The van der Waals surface area contributed by atoms with Crippen molar-refractivity contribution in [3.05, 3.63) is 23.7 Å². The molecule has 0 fully saturated rings. The highest BCUT2D eigenvalue weighted by atomic mass is 16.3. The molecular formula is C11H18N2O2. The molecule has 0 aliphatic rings. The maximum Gasteiger partial charge on any atom is 0.286 e. The third-order valence-corrected chi connectivity index (χ3v) is 2.03. The van der Waals surface area contributed by atoms with E-state index in [2.05, 4.69) is 10.2 Å². The van der Waals surface area contributed by atoms with Crippen molar-refractivity contribution in [2.45, 2.75) is 13.3 Å². The standard InChI is InChI=1S/C11H18N2O2/c1-9-5-6-10(15-9)11(14)12-7-4-8-13(2)3/h5-6H,4,7-8H2,1-3H3,(H,12,14). The van der Waals surface area contributed by atoms with Crippen LogP contribution in [0.3, 0.4) is 0 Å². The summed E-state index contributed by atoms with van der Waals surface area (Å²) in [5, 5.41) is 2.81. The molecule has 0 aliphatic carbocycles. The minimum Gasteiger partial charge on any atom is -0.456 e. The highest BCUT2D eigenvalue weighted by molar-refractivity contribution is 5.91. The van der Waals surface area contributed by atoms with Crippen molar-refractivity contribution < 1.29 is 9.21 Å². The average molecular weight is 210 g/mol. The van der Waals surface area contributed by atoms with Gasteiger partial charge in [-0.25, -0.2) is 0 Å². The number of carbonyl (C=O) groups is 1. The topological polar surface area (TPSA) is 45.5 Å². The molecule has 84 valence electrons. The normalized spacial score (nSPS) is 10.7. The maximum atomic E-state index is 11.5. The van der Waals surface area contributed by atoms with Gasteiger partial charge in [-0.15, -0.1) is 0 Å². The molecule has 15 heavy (non-hydrogen) atoms. The molecule has 0 aliphatic heterocycles. The van der Waals surface area contributed by atoms with E-state index < -0.39 is 0 Å². The quantitative estimate of drug-likeness (QED) is 0.744. The summed E-state index contributed by atoms with van der Waals surface area (Å²) in [7, 11) is 4.02. The van der Waals surface area contributed by atoms with Gasteiger partial charge >= 0.3 is 0 Å². The number of rotatable bonds is 5. The fraction of sp³-hybridized carbons (Fsp3) is 0.545. The number of hydrogen-bond donors (Lipinski definition) is 1. The first kappa shape index (κ1) is 11.8. The first-order valence-electron chi connectivity index (χ1n) is 5.09. The van der Waals surface area contributed by atoms with Crippen LogP contribution in [0.4, 0.5) is 0 Å². The Morgan fingerprint density at radius 2 is 2.20 bits per heavy atom. The Bertz CT molecular complexity index is 318. The first-order valence-corrected chi connectivity index (χ1v) is 5.09. The third-order valence-electron chi connectivity index (χ3n) is 2.03. The van der Waals surface area contributed by atoms with E-state index in [1.54, 1.807) is 12.1 Å². The summed E-state index contributed by atoms with van der Waals surface area (Å²) in [6.45, 7) is 3.47. The van der Waals surface area contributed by atoms with Gasteiger partial charge in [-0.1, -0.05) is 0 Å². The fourth-order valence-corrected chi connectivity index (χ4v) is 1.24. The molecule has 0 bridgehead atoms. The molecule has 0 saturated heterocycles. The van der Waals surface area contributed by atoms with Gasteiger partial charge < -0.3 is 14.6 Å². The van der Waals surface area contributed by atoms with Gasteiger partial charge in [0, 0.05) is 6.54 Å². The molecule has 0 saturated carbocycles. The number of nitrogens with one attached hydrogen (secondary N) is 1. The van der Waals surface area contributed by atoms with Gasteiger partial charge in [-0.3, -0.25) is 4.79 Å². The van der Waals surface area contributed by atoms with E-state index in [1.807, 2.05) is 21.0 Å². The molecule has 0 unspecified atom stereocenters. The van der Waals surface area contributed by atoms with Crippen LogP contribution in [0.5, 0.6) is 0 Å². The molecule has 0 radical (unpaired) electrons. The van der Waals surface area contributed by atoms with Crippen LogP contribution in [0.1, 0.15) is 22.7 Å². The van der Waals surface area contributed by atoms with Crippen molar-refractivity contribution in [2.24, 2.45) is 0 Å². The molecule has 0 atom stereocenters. The van der Waals surface area contributed by atoms with Crippen LogP contribution in [0.25, 0.3) is 0 Å². The second-order valence-electron chi connectivity index (χ2n) is 3.82. The summed E-state index contributed by atoms with van der Waals surface area (Å²) < 4.78 is 5.20. The number of hydrogen-bond acceptors (Lipinski definition) is 3. The molecule has 0 aromatic carbocycles. The minimum absolute atomic E-state index is 0.137. The van der Waals surface area contributed by atoms with Gasteiger partial charge in [0.05, 0.1) is 0 Å². The highest BCUT2D eigenvalue weighted by Gasteiger charge is 2.08. The van der Waals surface area contributed by atoms with E-state index in [4.69, 9.17) is 4.42 Å². The van der Waals surface area contributed by atoms with Gasteiger partial charge in [-0.2, -0.15) is 0 Å². The molecular weight excluding hydrogens is 192 g/mol. The number of furan rings is 1. The lowest BCUT2D eigenvalue weighted by Crippen LogP contribution is -2.26. The highest BCUT2D eigenvalue weighted by Crippen LogP contribution is 2.05. The molecule has 0 spiro atoms. The van der Waals surface area contributed by atoms with Crippen LogP contribution < -0.4 is 5.32 Å². The molecule has 1 aromatic heterocycles. The van der Waals surface area contributed by atoms with Crippen LogP contribution in [0.15, 0.2) is 16.5 Å². The SMILES string of the molecule is Cc1ccc(C(=O)NCCCN(C)C)o1. The van der Waals surface area contributed by atoms with Gasteiger partial charge in [-0.05, 0) is 46.1 Å². The molecule has 1 aromatic rings. The Kier molecular flexibility index (Phi) is 4.37. The molecule has 1 N–H and O–H groups in total. The molecule has 1 rings (SSSR count). The molecule has 4 heteroatoms. The molecule has 1 amide bonds. The minimum atomic E-state index is -0.137. The van der Waals surface area contributed by atoms with Gasteiger partial charge in [0.2, 0.25) is 0 Å². The average Bonchev–Trinajstić information content (AvgIpc) is 2.59. The number of aryl methyl sites for hydroxylation is 1. The van der Waals surface area contributed by atoms with Gasteiger partial charge in [0.25, 0.3) is 5.91 Å². The van der Waals surface area contributed by atoms with E-state index >= 15 is 0 Å². The van der Waals surface area contributed by atoms with Crippen LogP contribution in [0.2, 0.25) is 0 Å². The Balaban J connectivity index is 2.25. The molecule has 4 nitrogen and oxygen atoms in total. The lowest BCUT2D eigenvalue weighted by molar-refractivity contribution is 0.0923. The van der Waals surface area contributed by atoms with Crippen LogP contribution in [-0.4, -0.2) is 38.0 Å². The van der Waals surface area contributed by atoms with Crippen molar-refractivity contribution in [1.29, 1.82) is 0 Å². The summed E-state index contributed by atoms with van der Waals surface area (Å²) >= 11 is 0.